The van der Waals surface area contributed by atoms with E-state index >= 15 is 0 Å². The average Bonchev–Trinajstić information content (AvgIpc) is 3.07. The van der Waals surface area contributed by atoms with Crippen LogP contribution in [0.2, 0.25) is 0 Å². The lowest BCUT2D eigenvalue weighted by atomic mass is 10.2. The van der Waals surface area contributed by atoms with Crippen molar-refractivity contribution >= 4 is 18.0 Å². The summed E-state index contributed by atoms with van der Waals surface area (Å²) in [7, 11) is 1.57. The molecule has 1 aromatic heterocycles. The third-order valence-electron chi connectivity index (χ3n) is 3.96. The summed E-state index contributed by atoms with van der Waals surface area (Å²) in [6.45, 7) is 5.78. The van der Waals surface area contributed by atoms with Crippen LogP contribution in [-0.4, -0.2) is 40.5 Å². The molecule has 6 nitrogen and oxygen atoms in total. The van der Waals surface area contributed by atoms with Crippen LogP contribution in [0.1, 0.15) is 49.3 Å². The van der Waals surface area contributed by atoms with Crippen molar-refractivity contribution in [2.24, 2.45) is 0 Å². The molecule has 0 atom stereocenters. The summed E-state index contributed by atoms with van der Waals surface area (Å²) in [5.74, 6) is 3.21. The van der Waals surface area contributed by atoms with Gasteiger partial charge in [0.1, 0.15) is 12.1 Å². The van der Waals surface area contributed by atoms with Gasteiger partial charge in [0.15, 0.2) is 16.7 Å². The smallest absolute Gasteiger partial charge is 0.191 e. The van der Waals surface area contributed by atoms with Crippen molar-refractivity contribution in [3.8, 4) is 11.5 Å². The van der Waals surface area contributed by atoms with Crippen LogP contribution in [0.15, 0.2) is 23.4 Å². The van der Waals surface area contributed by atoms with E-state index in [1.807, 2.05) is 0 Å². The molecular weight excluding hydrogens is 350 g/mol. The maximum Gasteiger partial charge on any atom is 0.191 e. The van der Waals surface area contributed by atoms with Crippen molar-refractivity contribution in [3.63, 3.8) is 0 Å². The predicted octanol–water partition coefficient (Wildman–Crippen LogP) is 4.02. The minimum Gasteiger partial charge on any atom is -0.493 e. The molecule has 0 saturated heterocycles. The molecule has 1 aromatic carbocycles. The molecule has 0 radical (unpaired) electrons. The van der Waals surface area contributed by atoms with Crippen molar-refractivity contribution < 1.29 is 14.3 Å². The van der Waals surface area contributed by atoms with Gasteiger partial charge < -0.3 is 14.0 Å². The van der Waals surface area contributed by atoms with E-state index in [2.05, 4.69) is 28.6 Å². The molecule has 0 aliphatic heterocycles. The number of thioether (sulfide) groups is 1. The fraction of sp³-hybridized carbons (Fsp3) is 0.526. The topological polar surface area (TPSA) is 66.2 Å². The molecule has 7 heteroatoms. The third kappa shape index (κ3) is 5.49. The Balaban J connectivity index is 1.81. The summed E-state index contributed by atoms with van der Waals surface area (Å²) in [4.78, 5) is 10.8. The highest BCUT2D eigenvalue weighted by molar-refractivity contribution is 7.99. The van der Waals surface area contributed by atoms with Gasteiger partial charge >= 0.3 is 0 Å². The highest BCUT2D eigenvalue weighted by atomic mass is 32.2. The van der Waals surface area contributed by atoms with Gasteiger partial charge in [0.2, 0.25) is 0 Å². The van der Waals surface area contributed by atoms with Crippen LogP contribution in [0.5, 0.6) is 11.5 Å². The van der Waals surface area contributed by atoms with Gasteiger partial charge in [-0.3, -0.25) is 4.79 Å². The van der Waals surface area contributed by atoms with Gasteiger partial charge in [-0.05, 0) is 38.0 Å². The molecule has 0 bridgehead atoms. The molecular formula is C19H27N3O3S. The number of carbonyl (C=O) groups is 1. The number of carbonyl (C=O) groups excluding carboxylic acids is 1. The molecule has 0 unspecified atom stereocenters. The SMILES string of the molecule is CCCCc1nnc(SCCCOc2ccc(C=O)cc2OC)n1CC. The molecule has 0 amide bonds. The Hall–Kier alpha value is -2.02. The second-order valence-corrected chi connectivity index (χ2v) is 6.89. The number of aryl methyl sites for hydroxylation is 1. The largest absolute Gasteiger partial charge is 0.493 e. The van der Waals surface area contributed by atoms with Crippen LogP contribution in [0.3, 0.4) is 0 Å². The van der Waals surface area contributed by atoms with E-state index in [-0.39, 0.29) is 0 Å². The highest BCUT2D eigenvalue weighted by Gasteiger charge is 2.11. The molecule has 0 saturated carbocycles. The summed E-state index contributed by atoms with van der Waals surface area (Å²) in [6, 6.07) is 5.17. The predicted molar refractivity (Wildman–Crippen MR) is 104 cm³/mol. The van der Waals surface area contributed by atoms with Gasteiger partial charge in [-0.1, -0.05) is 25.1 Å². The van der Waals surface area contributed by atoms with Gasteiger partial charge in [0.25, 0.3) is 0 Å². The van der Waals surface area contributed by atoms with Crippen molar-refractivity contribution in [1.29, 1.82) is 0 Å². The molecule has 0 N–H and O–H groups in total. The first-order chi connectivity index (χ1) is 12.7. The number of aldehydes is 1. The lowest BCUT2D eigenvalue weighted by Gasteiger charge is -2.11. The highest BCUT2D eigenvalue weighted by Crippen LogP contribution is 2.28. The van der Waals surface area contributed by atoms with E-state index in [0.29, 0.717) is 23.7 Å². The minimum atomic E-state index is 0.572. The van der Waals surface area contributed by atoms with Crippen LogP contribution in [0, 0.1) is 0 Å². The van der Waals surface area contributed by atoms with Gasteiger partial charge in [-0.25, -0.2) is 0 Å². The molecule has 2 aromatic rings. The molecule has 0 aliphatic rings. The fourth-order valence-corrected chi connectivity index (χ4v) is 3.48. The van der Waals surface area contributed by atoms with Crippen molar-refractivity contribution in [1.82, 2.24) is 14.8 Å². The molecule has 0 fully saturated rings. The van der Waals surface area contributed by atoms with E-state index in [9.17, 15) is 4.79 Å². The number of hydrogen-bond donors (Lipinski definition) is 0. The number of nitrogens with zero attached hydrogens (tertiary/aromatic N) is 3. The minimum absolute atomic E-state index is 0.572. The first kappa shape index (κ1) is 20.3. The van der Waals surface area contributed by atoms with Crippen molar-refractivity contribution in [3.05, 3.63) is 29.6 Å². The second kappa shape index (κ2) is 10.9. The standard InChI is InChI=1S/C19H27N3O3S/c1-4-6-8-18-20-21-19(22(18)5-2)26-12-7-11-25-16-10-9-15(14-23)13-17(16)24-3/h9-10,13-14H,4-8,11-12H2,1-3H3. The van der Waals surface area contributed by atoms with E-state index in [4.69, 9.17) is 9.47 Å². The van der Waals surface area contributed by atoms with Crippen LogP contribution >= 0.6 is 11.8 Å². The Bertz CT molecular complexity index is 703. The van der Waals surface area contributed by atoms with Crippen LogP contribution < -0.4 is 9.47 Å². The summed E-state index contributed by atoms with van der Waals surface area (Å²) < 4.78 is 13.2. The average molecular weight is 378 g/mol. The molecule has 2 rings (SSSR count). The molecule has 142 valence electrons. The zero-order chi connectivity index (χ0) is 18.8. The van der Waals surface area contributed by atoms with Crippen LogP contribution in [0.4, 0.5) is 0 Å². The summed E-state index contributed by atoms with van der Waals surface area (Å²) in [5.41, 5.74) is 0.572. The van der Waals surface area contributed by atoms with Gasteiger partial charge in [-0.2, -0.15) is 0 Å². The number of unbranched alkanes of at least 4 members (excludes halogenated alkanes) is 1. The van der Waals surface area contributed by atoms with E-state index in [1.54, 1.807) is 37.1 Å². The zero-order valence-corrected chi connectivity index (χ0v) is 16.6. The van der Waals surface area contributed by atoms with E-state index in [1.165, 1.54) is 0 Å². The second-order valence-electron chi connectivity index (χ2n) is 5.83. The molecule has 0 aliphatic carbocycles. The third-order valence-corrected chi connectivity index (χ3v) is 5.02. The van der Waals surface area contributed by atoms with Gasteiger partial charge in [0.05, 0.1) is 13.7 Å². The first-order valence-corrected chi connectivity index (χ1v) is 10.0. The van der Waals surface area contributed by atoms with E-state index in [0.717, 1.165) is 55.2 Å². The molecule has 0 spiro atoms. The lowest BCUT2D eigenvalue weighted by molar-refractivity contribution is 0.112. The summed E-state index contributed by atoms with van der Waals surface area (Å²) >= 11 is 1.71. The fourth-order valence-electron chi connectivity index (χ4n) is 2.54. The number of methoxy groups -OCH3 is 1. The van der Waals surface area contributed by atoms with E-state index < -0.39 is 0 Å². The van der Waals surface area contributed by atoms with Crippen LogP contribution in [-0.2, 0) is 13.0 Å². The summed E-state index contributed by atoms with van der Waals surface area (Å²) in [6.07, 6.45) is 4.96. The van der Waals surface area contributed by atoms with Crippen molar-refractivity contribution in [2.45, 2.75) is 51.2 Å². The first-order valence-electron chi connectivity index (χ1n) is 9.04. The lowest BCUT2D eigenvalue weighted by Crippen LogP contribution is -2.04. The Kier molecular flexibility index (Phi) is 8.47. The Morgan fingerprint density at radius 1 is 1.19 bits per heavy atom. The maximum atomic E-state index is 10.8. The van der Waals surface area contributed by atoms with Gasteiger partial charge in [0, 0.05) is 24.3 Å². The number of rotatable bonds is 12. The zero-order valence-electron chi connectivity index (χ0n) is 15.7. The number of hydrogen-bond acceptors (Lipinski definition) is 6. The summed E-state index contributed by atoms with van der Waals surface area (Å²) in [5, 5.41) is 9.63. The van der Waals surface area contributed by atoms with Crippen molar-refractivity contribution in [2.75, 3.05) is 19.5 Å². The Morgan fingerprint density at radius 2 is 2.04 bits per heavy atom. The quantitative estimate of drug-likeness (QED) is 0.316. The normalized spacial score (nSPS) is 10.7. The van der Waals surface area contributed by atoms with Gasteiger partial charge in [-0.15, -0.1) is 10.2 Å². The molecule has 26 heavy (non-hydrogen) atoms. The molecule has 1 heterocycles. The van der Waals surface area contributed by atoms with Crippen LogP contribution in [0.25, 0.3) is 0 Å². The number of benzene rings is 1. The monoisotopic (exact) mass is 377 g/mol. The number of aromatic nitrogens is 3. The Morgan fingerprint density at radius 3 is 2.73 bits per heavy atom. The number of ether oxygens (including phenoxy) is 2. The maximum absolute atomic E-state index is 10.8. The Labute approximate surface area is 159 Å².